The summed E-state index contributed by atoms with van der Waals surface area (Å²) in [7, 11) is 0. The normalized spacial score (nSPS) is 13.5. The van der Waals surface area contributed by atoms with E-state index in [-0.39, 0.29) is 5.56 Å². The lowest BCUT2D eigenvalue weighted by atomic mass is 10.1. The minimum Gasteiger partial charge on any atom is -0.366 e. The van der Waals surface area contributed by atoms with Crippen LogP contribution in [0.3, 0.4) is 0 Å². The van der Waals surface area contributed by atoms with E-state index in [1.54, 1.807) is 12.1 Å². The monoisotopic (exact) mass is 414 g/mol. The summed E-state index contributed by atoms with van der Waals surface area (Å²) in [4.78, 5) is 21.4. The summed E-state index contributed by atoms with van der Waals surface area (Å²) in [6.07, 6.45) is 1.91. The summed E-state index contributed by atoms with van der Waals surface area (Å²) >= 11 is 0. The quantitative estimate of drug-likeness (QED) is 0.459. The zero-order valence-electron chi connectivity index (χ0n) is 16.9. The van der Waals surface area contributed by atoms with Crippen LogP contribution in [0.15, 0.2) is 53.1 Å². The summed E-state index contributed by atoms with van der Waals surface area (Å²) in [6, 6.07) is 15.4. The summed E-state index contributed by atoms with van der Waals surface area (Å²) in [5, 5.41) is 11.7. The second-order valence-electron chi connectivity index (χ2n) is 7.52. The maximum absolute atomic E-state index is 11.7. The van der Waals surface area contributed by atoms with Crippen LogP contribution in [0.5, 0.6) is 0 Å². The van der Waals surface area contributed by atoms with Crippen molar-refractivity contribution in [1.82, 2.24) is 20.4 Å². The van der Waals surface area contributed by atoms with Crippen molar-refractivity contribution in [3.8, 4) is 11.5 Å². The molecule has 1 amide bonds. The molecule has 1 aliphatic rings. The van der Waals surface area contributed by atoms with Crippen molar-refractivity contribution in [2.24, 2.45) is 5.73 Å². The Hall–Kier alpha value is -3.78. The predicted octanol–water partition coefficient (Wildman–Crippen LogP) is 3.03. The molecular formula is C23H22N6O2. The number of carbonyl (C=O) groups is 1. The van der Waals surface area contributed by atoms with E-state index in [1.165, 1.54) is 5.56 Å². The smallest absolute Gasteiger partial charge is 0.252 e. The van der Waals surface area contributed by atoms with Crippen LogP contribution in [0, 0.1) is 0 Å². The number of hydrogen-bond acceptors (Lipinski definition) is 7. The van der Waals surface area contributed by atoms with Crippen molar-refractivity contribution in [3.05, 3.63) is 70.9 Å². The van der Waals surface area contributed by atoms with Gasteiger partial charge in [-0.25, -0.2) is 9.97 Å². The molecule has 0 fully saturated rings. The summed E-state index contributed by atoms with van der Waals surface area (Å²) < 4.78 is 5.47. The van der Waals surface area contributed by atoms with Gasteiger partial charge in [0.1, 0.15) is 5.82 Å². The van der Waals surface area contributed by atoms with Crippen molar-refractivity contribution in [3.63, 3.8) is 0 Å². The van der Waals surface area contributed by atoms with E-state index < -0.39 is 5.91 Å². The van der Waals surface area contributed by atoms with Crippen LogP contribution >= 0.6 is 0 Å². The van der Waals surface area contributed by atoms with Gasteiger partial charge in [-0.1, -0.05) is 41.6 Å². The first-order valence-corrected chi connectivity index (χ1v) is 10.3. The predicted molar refractivity (Wildman–Crippen MR) is 117 cm³/mol. The Kier molecular flexibility index (Phi) is 5.05. The third kappa shape index (κ3) is 3.73. The number of aromatic nitrogens is 3. The Labute approximate surface area is 178 Å². The molecule has 0 spiro atoms. The molecule has 5 rings (SSSR count). The minimum atomic E-state index is -0.564. The highest BCUT2D eigenvalue weighted by molar-refractivity contribution is 6.06. The molecule has 0 atom stereocenters. The lowest BCUT2D eigenvalue weighted by Gasteiger charge is -2.14. The fourth-order valence-electron chi connectivity index (χ4n) is 3.89. The minimum absolute atomic E-state index is 0.287. The molecule has 156 valence electrons. The molecule has 1 aliphatic heterocycles. The first-order chi connectivity index (χ1) is 15.2. The van der Waals surface area contributed by atoms with E-state index in [1.807, 2.05) is 24.3 Å². The number of amides is 1. The number of nitrogens with two attached hydrogens (primary N) is 1. The Bertz CT molecular complexity index is 1250. The van der Waals surface area contributed by atoms with Gasteiger partial charge in [0, 0.05) is 18.7 Å². The molecule has 4 N–H and O–H groups in total. The van der Waals surface area contributed by atoms with Crippen molar-refractivity contribution < 1.29 is 9.32 Å². The summed E-state index contributed by atoms with van der Waals surface area (Å²) in [6.45, 7) is 2.24. The zero-order chi connectivity index (χ0) is 21.2. The number of nitrogens with one attached hydrogen (secondary N) is 2. The SMILES string of the molecule is NC(=O)c1cccc2c(-c3nc4c(c(NCc5ccccc5)n3)CCCNC4)noc12. The third-order valence-corrected chi connectivity index (χ3v) is 5.44. The first-order valence-electron chi connectivity index (χ1n) is 10.3. The molecule has 8 heteroatoms. The first kappa shape index (κ1) is 19.2. The molecule has 3 heterocycles. The summed E-state index contributed by atoms with van der Waals surface area (Å²) in [5.74, 6) is 0.693. The van der Waals surface area contributed by atoms with Crippen molar-refractivity contribution in [2.45, 2.75) is 25.9 Å². The maximum atomic E-state index is 11.7. The Morgan fingerprint density at radius 3 is 2.84 bits per heavy atom. The van der Waals surface area contributed by atoms with Crippen LogP contribution < -0.4 is 16.4 Å². The molecule has 0 radical (unpaired) electrons. The molecule has 0 bridgehead atoms. The number of anilines is 1. The Morgan fingerprint density at radius 1 is 1.13 bits per heavy atom. The largest absolute Gasteiger partial charge is 0.366 e. The van der Waals surface area contributed by atoms with Crippen molar-refractivity contribution >= 4 is 22.7 Å². The maximum Gasteiger partial charge on any atom is 0.252 e. The number of carbonyl (C=O) groups excluding carboxylic acids is 1. The highest BCUT2D eigenvalue weighted by Gasteiger charge is 2.22. The molecule has 0 unspecified atom stereocenters. The van der Waals surface area contributed by atoms with Gasteiger partial charge in [0.2, 0.25) is 0 Å². The van der Waals surface area contributed by atoms with Crippen LogP contribution in [0.2, 0.25) is 0 Å². The number of hydrogen-bond donors (Lipinski definition) is 3. The molecular weight excluding hydrogens is 392 g/mol. The van der Waals surface area contributed by atoms with E-state index in [4.69, 9.17) is 20.2 Å². The Morgan fingerprint density at radius 2 is 2.00 bits per heavy atom. The number of rotatable bonds is 5. The molecule has 31 heavy (non-hydrogen) atoms. The van der Waals surface area contributed by atoms with Gasteiger partial charge in [0.15, 0.2) is 17.1 Å². The molecule has 2 aromatic heterocycles. The van der Waals surface area contributed by atoms with Gasteiger partial charge in [-0.05, 0) is 37.1 Å². The van der Waals surface area contributed by atoms with Crippen LogP contribution in [0.1, 0.15) is 33.6 Å². The molecule has 0 saturated carbocycles. The van der Waals surface area contributed by atoms with Crippen molar-refractivity contribution in [1.29, 1.82) is 0 Å². The van der Waals surface area contributed by atoms with Gasteiger partial charge < -0.3 is 20.9 Å². The highest BCUT2D eigenvalue weighted by atomic mass is 16.5. The molecule has 0 aliphatic carbocycles. The Balaban J connectivity index is 1.59. The van der Waals surface area contributed by atoms with Gasteiger partial charge in [-0.2, -0.15) is 0 Å². The lowest BCUT2D eigenvalue weighted by molar-refractivity contribution is 0.100. The van der Waals surface area contributed by atoms with Gasteiger partial charge in [0.25, 0.3) is 5.91 Å². The lowest BCUT2D eigenvalue weighted by Crippen LogP contribution is -2.14. The number of primary amides is 1. The molecule has 4 aromatic rings. The third-order valence-electron chi connectivity index (χ3n) is 5.44. The van der Waals surface area contributed by atoms with E-state index in [0.717, 1.165) is 36.5 Å². The van der Waals surface area contributed by atoms with E-state index in [2.05, 4.69) is 27.9 Å². The van der Waals surface area contributed by atoms with Crippen LogP contribution in [0.25, 0.3) is 22.5 Å². The highest BCUT2D eigenvalue weighted by Crippen LogP contribution is 2.31. The van der Waals surface area contributed by atoms with E-state index >= 15 is 0 Å². The van der Waals surface area contributed by atoms with E-state index in [0.29, 0.717) is 35.6 Å². The van der Waals surface area contributed by atoms with Crippen LogP contribution in [-0.4, -0.2) is 27.6 Å². The zero-order valence-corrected chi connectivity index (χ0v) is 16.9. The summed E-state index contributed by atoms with van der Waals surface area (Å²) in [5.41, 5.74) is 9.84. The van der Waals surface area contributed by atoms with Crippen molar-refractivity contribution in [2.75, 3.05) is 11.9 Å². The number of fused-ring (bicyclic) bond motifs is 2. The van der Waals surface area contributed by atoms with Gasteiger partial charge in [-0.15, -0.1) is 0 Å². The van der Waals surface area contributed by atoms with Crippen LogP contribution in [0.4, 0.5) is 5.82 Å². The van der Waals surface area contributed by atoms with Gasteiger partial charge >= 0.3 is 0 Å². The van der Waals surface area contributed by atoms with Gasteiger partial charge in [0.05, 0.1) is 16.6 Å². The fourth-order valence-corrected chi connectivity index (χ4v) is 3.89. The second kappa shape index (κ2) is 8.16. The molecule has 2 aromatic carbocycles. The molecule has 8 nitrogen and oxygen atoms in total. The standard InChI is InChI=1S/C23H22N6O2/c24-21(30)17-9-4-8-16-19(29-31-20(16)17)23-27-18-13-25-11-5-10-15(18)22(28-23)26-12-14-6-2-1-3-7-14/h1-4,6-9,25H,5,10-13H2,(H2,24,30)(H,26,27,28). The second-order valence-corrected chi connectivity index (χ2v) is 7.52. The van der Waals surface area contributed by atoms with E-state index in [9.17, 15) is 4.79 Å². The average Bonchev–Trinajstić information content (AvgIpc) is 3.08. The van der Waals surface area contributed by atoms with Gasteiger partial charge in [-0.3, -0.25) is 4.79 Å². The molecule has 0 saturated heterocycles. The number of para-hydroxylation sites is 1. The fraction of sp³-hybridized carbons (Fsp3) is 0.217. The van der Waals surface area contributed by atoms with Crippen LogP contribution in [-0.2, 0) is 19.5 Å². The average molecular weight is 414 g/mol. The topological polar surface area (TPSA) is 119 Å². The number of benzene rings is 2. The number of nitrogens with zero attached hydrogens (tertiary/aromatic N) is 3.